The standard InChI is InChI=1S/C19H20F3N3O3/c20-19(21,22)12-3-7-15(8-4-12)28-14-5-1-11(2-6-14)18-24-13(10-26)9-16(25-18)17(23)27/h1,3-4,7-9,14,17,26-27H,2,5-6,10,23H2. The van der Waals surface area contributed by atoms with Gasteiger partial charge in [-0.1, -0.05) is 6.08 Å². The van der Waals surface area contributed by atoms with E-state index in [-0.39, 0.29) is 18.4 Å². The van der Waals surface area contributed by atoms with Crippen molar-refractivity contribution < 1.29 is 28.1 Å². The summed E-state index contributed by atoms with van der Waals surface area (Å²) in [6.07, 6.45) is -2.20. The summed E-state index contributed by atoms with van der Waals surface area (Å²) < 4.78 is 43.6. The first-order valence-corrected chi connectivity index (χ1v) is 8.72. The minimum absolute atomic E-state index is 0.180. The van der Waals surface area contributed by atoms with Gasteiger partial charge in [0.15, 0.2) is 5.82 Å². The molecule has 0 radical (unpaired) electrons. The second-order valence-corrected chi connectivity index (χ2v) is 6.48. The highest BCUT2D eigenvalue weighted by Gasteiger charge is 2.30. The molecule has 0 aliphatic heterocycles. The van der Waals surface area contributed by atoms with Gasteiger partial charge in [0.05, 0.1) is 23.6 Å². The summed E-state index contributed by atoms with van der Waals surface area (Å²) in [5.41, 5.74) is 6.15. The van der Waals surface area contributed by atoms with Crippen LogP contribution in [0.15, 0.2) is 36.4 Å². The fourth-order valence-electron chi connectivity index (χ4n) is 2.93. The lowest BCUT2D eigenvalue weighted by Gasteiger charge is -2.23. The quantitative estimate of drug-likeness (QED) is 0.673. The van der Waals surface area contributed by atoms with E-state index in [1.165, 1.54) is 18.2 Å². The molecule has 1 heterocycles. The Morgan fingerprint density at radius 1 is 1.21 bits per heavy atom. The third-order valence-corrected chi connectivity index (χ3v) is 4.40. The van der Waals surface area contributed by atoms with E-state index >= 15 is 0 Å². The normalized spacial score (nSPS) is 18.5. The van der Waals surface area contributed by atoms with Crippen LogP contribution in [-0.4, -0.2) is 26.3 Å². The number of rotatable bonds is 5. The van der Waals surface area contributed by atoms with Crippen molar-refractivity contribution in [1.82, 2.24) is 9.97 Å². The molecule has 1 aromatic heterocycles. The van der Waals surface area contributed by atoms with E-state index in [1.54, 1.807) is 0 Å². The van der Waals surface area contributed by atoms with Gasteiger partial charge in [-0.25, -0.2) is 9.97 Å². The van der Waals surface area contributed by atoms with Gasteiger partial charge in [0.1, 0.15) is 18.1 Å². The summed E-state index contributed by atoms with van der Waals surface area (Å²) in [4.78, 5) is 8.49. The average Bonchev–Trinajstić information content (AvgIpc) is 2.68. The van der Waals surface area contributed by atoms with E-state index in [2.05, 4.69) is 9.97 Å². The monoisotopic (exact) mass is 395 g/mol. The van der Waals surface area contributed by atoms with E-state index in [9.17, 15) is 23.4 Å². The van der Waals surface area contributed by atoms with Gasteiger partial charge in [-0.05, 0) is 48.7 Å². The van der Waals surface area contributed by atoms with Crippen molar-refractivity contribution in [2.45, 2.75) is 44.4 Å². The zero-order chi connectivity index (χ0) is 20.3. The number of nitrogens with two attached hydrogens (primary N) is 1. The Labute approximate surface area is 159 Å². The molecule has 1 aliphatic carbocycles. The first kappa shape index (κ1) is 20.2. The number of allylic oxidation sites excluding steroid dienone is 1. The van der Waals surface area contributed by atoms with Gasteiger partial charge >= 0.3 is 6.18 Å². The van der Waals surface area contributed by atoms with E-state index < -0.39 is 18.0 Å². The molecule has 2 aromatic rings. The molecule has 28 heavy (non-hydrogen) atoms. The molecule has 0 amide bonds. The molecule has 2 atom stereocenters. The SMILES string of the molecule is NC(O)c1cc(CO)nc(C2=CCC(Oc3ccc(C(F)(F)F)cc3)CC2)n1. The number of aromatic nitrogens is 2. The van der Waals surface area contributed by atoms with Gasteiger partial charge in [-0.2, -0.15) is 13.2 Å². The summed E-state index contributed by atoms with van der Waals surface area (Å²) in [6.45, 7) is -0.303. The molecule has 0 spiro atoms. The smallest absolute Gasteiger partial charge is 0.416 e. The summed E-state index contributed by atoms with van der Waals surface area (Å²) >= 11 is 0. The van der Waals surface area contributed by atoms with Gasteiger partial charge < -0.3 is 20.7 Å². The lowest BCUT2D eigenvalue weighted by molar-refractivity contribution is -0.137. The van der Waals surface area contributed by atoms with Crippen LogP contribution in [0, 0.1) is 0 Å². The molecule has 0 fully saturated rings. The fourth-order valence-corrected chi connectivity index (χ4v) is 2.93. The Bertz CT molecular complexity index is 852. The number of alkyl halides is 3. The summed E-state index contributed by atoms with van der Waals surface area (Å²) in [5.74, 6) is 0.765. The maximum atomic E-state index is 12.6. The molecule has 1 aromatic carbocycles. The molecule has 9 heteroatoms. The molecular formula is C19H20F3N3O3. The second kappa shape index (κ2) is 8.26. The first-order chi connectivity index (χ1) is 13.3. The average molecular weight is 395 g/mol. The van der Waals surface area contributed by atoms with Crippen LogP contribution in [-0.2, 0) is 12.8 Å². The number of benzene rings is 1. The summed E-state index contributed by atoms with van der Waals surface area (Å²) in [5, 5.41) is 18.9. The molecule has 3 rings (SSSR count). The van der Waals surface area contributed by atoms with E-state index in [0.29, 0.717) is 36.5 Å². The Kier molecular flexibility index (Phi) is 5.97. The number of hydrogen-bond acceptors (Lipinski definition) is 6. The van der Waals surface area contributed by atoms with E-state index in [1.807, 2.05) is 6.08 Å². The number of halogens is 3. The lowest BCUT2D eigenvalue weighted by Crippen LogP contribution is -2.20. The van der Waals surface area contributed by atoms with Crippen LogP contribution >= 0.6 is 0 Å². The van der Waals surface area contributed by atoms with Crippen LogP contribution in [0.25, 0.3) is 5.57 Å². The lowest BCUT2D eigenvalue weighted by atomic mass is 9.96. The predicted octanol–water partition coefficient (Wildman–Crippen LogP) is 2.95. The molecule has 2 unspecified atom stereocenters. The van der Waals surface area contributed by atoms with Crippen molar-refractivity contribution in [3.8, 4) is 5.75 Å². The predicted molar refractivity (Wildman–Crippen MR) is 94.8 cm³/mol. The Hall–Kier alpha value is -2.49. The minimum Gasteiger partial charge on any atom is -0.490 e. The topological polar surface area (TPSA) is 101 Å². The molecular weight excluding hydrogens is 375 g/mol. The second-order valence-electron chi connectivity index (χ2n) is 6.48. The third-order valence-electron chi connectivity index (χ3n) is 4.40. The largest absolute Gasteiger partial charge is 0.490 e. The zero-order valence-electron chi connectivity index (χ0n) is 14.9. The Morgan fingerprint density at radius 3 is 2.46 bits per heavy atom. The number of nitrogens with zero attached hydrogens (tertiary/aromatic N) is 2. The molecule has 0 bridgehead atoms. The van der Waals surface area contributed by atoms with Crippen LogP contribution < -0.4 is 10.5 Å². The number of aliphatic hydroxyl groups excluding tert-OH is 2. The van der Waals surface area contributed by atoms with Crippen LogP contribution in [0.3, 0.4) is 0 Å². The van der Waals surface area contributed by atoms with Crippen molar-refractivity contribution in [2.75, 3.05) is 0 Å². The van der Waals surface area contributed by atoms with Crippen molar-refractivity contribution in [3.05, 3.63) is 59.2 Å². The summed E-state index contributed by atoms with van der Waals surface area (Å²) in [7, 11) is 0. The van der Waals surface area contributed by atoms with Gasteiger partial charge in [0.25, 0.3) is 0 Å². The molecule has 0 saturated heterocycles. The first-order valence-electron chi connectivity index (χ1n) is 8.72. The summed E-state index contributed by atoms with van der Waals surface area (Å²) in [6, 6.07) is 6.05. The Morgan fingerprint density at radius 2 is 1.93 bits per heavy atom. The zero-order valence-corrected chi connectivity index (χ0v) is 14.9. The van der Waals surface area contributed by atoms with Crippen LogP contribution in [0.1, 0.15) is 48.3 Å². The molecule has 6 nitrogen and oxygen atoms in total. The van der Waals surface area contributed by atoms with Crippen LogP contribution in [0.2, 0.25) is 0 Å². The fraction of sp³-hybridized carbons (Fsp3) is 0.368. The van der Waals surface area contributed by atoms with Crippen molar-refractivity contribution >= 4 is 5.57 Å². The van der Waals surface area contributed by atoms with Crippen molar-refractivity contribution in [3.63, 3.8) is 0 Å². The van der Waals surface area contributed by atoms with Crippen molar-refractivity contribution in [1.29, 1.82) is 0 Å². The van der Waals surface area contributed by atoms with E-state index in [0.717, 1.165) is 17.7 Å². The van der Waals surface area contributed by atoms with Crippen LogP contribution in [0.4, 0.5) is 13.2 Å². The maximum Gasteiger partial charge on any atom is 0.416 e. The number of aliphatic hydroxyl groups is 2. The Balaban J connectivity index is 1.68. The van der Waals surface area contributed by atoms with Crippen molar-refractivity contribution in [2.24, 2.45) is 5.73 Å². The van der Waals surface area contributed by atoms with E-state index in [4.69, 9.17) is 10.5 Å². The molecule has 150 valence electrons. The maximum absolute atomic E-state index is 12.6. The number of ether oxygens (including phenoxy) is 1. The highest BCUT2D eigenvalue weighted by Crippen LogP contribution is 2.32. The molecule has 4 N–H and O–H groups in total. The van der Waals surface area contributed by atoms with Crippen LogP contribution in [0.5, 0.6) is 5.75 Å². The number of hydrogen-bond donors (Lipinski definition) is 3. The highest BCUT2D eigenvalue weighted by atomic mass is 19.4. The molecule has 1 aliphatic rings. The minimum atomic E-state index is -4.37. The van der Waals surface area contributed by atoms with Gasteiger partial charge in [0.2, 0.25) is 0 Å². The highest BCUT2D eigenvalue weighted by molar-refractivity contribution is 5.61. The molecule has 0 saturated carbocycles. The third kappa shape index (κ3) is 4.86. The van der Waals surface area contributed by atoms with Gasteiger partial charge in [0, 0.05) is 6.42 Å². The van der Waals surface area contributed by atoms with Gasteiger partial charge in [-0.15, -0.1) is 0 Å². The van der Waals surface area contributed by atoms with Gasteiger partial charge in [-0.3, -0.25) is 0 Å².